The second kappa shape index (κ2) is 7.85. The topological polar surface area (TPSA) is 81.5 Å². The number of nitrogens with zero attached hydrogens (tertiary/aromatic N) is 4. The maximum Gasteiger partial charge on any atom is 0.237 e. The van der Waals surface area contributed by atoms with Crippen LogP contribution in [0.15, 0.2) is 12.7 Å². The number of hydrogen-bond acceptors (Lipinski definition) is 6. The van der Waals surface area contributed by atoms with Gasteiger partial charge in [-0.1, -0.05) is 0 Å². The number of aromatic nitrogens is 3. The summed E-state index contributed by atoms with van der Waals surface area (Å²) in [5.74, 6) is 0.0573. The van der Waals surface area contributed by atoms with E-state index in [4.69, 9.17) is 9.47 Å². The minimum absolute atomic E-state index is 0.0267. The van der Waals surface area contributed by atoms with Crippen LogP contribution in [0.25, 0.3) is 0 Å². The first-order valence-corrected chi connectivity index (χ1v) is 8.30. The molecule has 2 aliphatic rings. The van der Waals surface area contributed by atoms with Crippen LogP contribution in [0.5, 0.6) is 0 Å². The van der Waals surface area contributed by atoms with E-state index < -0.39 is 0 Å². The molecule has 2 aliphatic heterocycles. The SMILES string of the molecule is C[C@H](C(=O)NC[C@@H]1CCCO1)N1CCO[C@H](Cn2cncn2)C1. The van der Waals surface area contributed by atoms with Crippen molar-refractivity contribution in [3.05, 3.63) is 12.7 Å². The summed E-state index contributed by atoms with van der Waals surface area (Å²) >= 11 is 0. The van der Waals surface area contributed by atoms with Gasteiger partial charge in [-0.3, -0.25) is 14.4 Å². The van der Waals surface area contributed by atoms with E-state index in [0.717, 1.165) is 26.0 Å². The third kappa shape index (κ3) is 4.49. The first kappa shape index (κ1) is 16.4. The summed E-state index contributed by atoms with van der Waals surface area (Å²) in [6, 6.07) is -0.168. The fourth-order valence-electron chi connectivity index (χ4n) is 3.07. The molecule has 0 spiro atoms. The van der Waals surface area contributed by atoms with Gasteiger partial charge < -0.3 is 14.8 Å². The van der Waals surface area contributed by atoms with Gasteiger partial charge in [0.2, 0.25) is 5.91 Å². The largest absolute Gasteiger partial charge is 0.376 e. The van der Waals surface area contributed by atoms with Gasteiger partial charge in [-0.05, 0) is 19.8 Å². The third-order valence-electron chi connectivity index (χ3n) is 4.48. The van der Waals surface area contributed by atoms with E-state index in [0.29, 0.717) is 26.2 Å². The lowest BCUT2D eigenvalue weighted by Gasteiger charge is -2.36. The third-order valence-corrected chi connectivity index (χ3v) is 4.48. The predicted octanol–water partition coefficient (Wildman–Crippen LogP) is -0.337. The van der Waals surface area contributed by atoms with Gasteiger partial charge in [0.05, 0.1) is 31.4 Å². The molecule has 0 aromatic carbocycles. The Morgan fingerprint density at radius 2 is 2.26 bits per heavy atom. The maximum absolute atomic E-state index is 12.3. The van der Waals surface area contributed by atoms with Crippen molar-refractivity contribution in [2.24, 2.45) is 0 Å². The summed E-state index contributed by atoms with van der Waals surface area (Å²) in [4.78, 5) is 18.4. The van der Waals surface area contributed by atoms with Crippen LogP contribution in [0.2, 0.25) is 0 Å². The zero-order valence-corrected chi connectivity index (χ0v) is 13.6. The molecular formula is C15H25N5O3. The molecule has 3 rings (SSSR count). The lowest BCUT2D eigenvalue weighted by Crippen LogP contribution is -2.53. The fraction of sp³-hybridized carbons (Fsp3) is 0.800. The molecule has 23 heavy (non-hydrogen) atoms. The quantitative estimate of drug-likeness (QED) is 0.771. The summed E-state index contributed by atoms with van der Waals surface area (Å²) < 4.78 is 13.1. The molecule has 0 unspecified atom stereocenters. The highest BCUT2D eigenvalue weighted by Gasteiger charge is 2.28. The number of amides is 1. The lowest BCUT2D eigenvalue weighted by molar-refractivity contribution is -0.130. The van der Waals surface area contributed by atoms with Crippen LogP contribution in [0.1, 0.15) is 19.8 Å². The van der Waals surface area contributed by atoms with Gasteiger partial charge in [0.15, 0.2) is 0 Å². The Morgan fingerprint density at radius 1 is 1.39 bits per heavy atom. The summed E-state index contributed by atoms with van der Waals surface area (Å²) in [5.41, 5.74) is 0. The van der Waals surface area contributed by atoms with E-state index >= 15 is 0 Å². The molecule has 0 bridgehead atoms. The zero-order chi connectivity index (χ0) is 16.1. The van der Waals surface area contributed by atoms with Crippen molar-refractivity contribution in [2.75, 3.05) is 32.8 Å². The monoisotopic (exact) mass is 323 g/mol. The predicted molar refractivity (Wildman–Crippen MR) is 82.8 cm³/mol. The lowest BCUT2D eigenvalue weighted by atomic mass is 10.2. The first-order chi connectivity index (χ1) is 11.2. The Morgan fingerprint density at radius 3 is 3.00 bits per heavy atom. The Bertz CT molecular complexity index is 489. The van der Waals surface area contributed by atoms with Crippen molar-refractivity contribution in [3.8, 4) is 0 Å². The molecule has 128 valence electrons. The number of carbonyl (C=O) groups excluding carboxylic acids is 1. The minimum Gasteiger partial charge on any atom is -0.376 e. The molecule has 2 saturated heterocycles. The van der Waals surface area contributed by atoms with Crippen molar-refractivity contribution in [3.63, 3.8) is 0 Å². The van der Waals surface area contributed by atoms with Crippen LogP contribution >= 0.6 is 0 Å². The molecule has 1 amide bonds. The van der Waals surface area contributed by atoms with Crippen molar-refractivity contribution in [1.82, 2.24) is 25.0 Å². The van der Waals surface area contributed by atoms with Crippen molar-refractivity contribution in [1.29, 1.82) is 0 Å². The van der Waals surface area contributed by atoms with Gasteiger partial charge in [-0.25, -0.2) is 4.98 Å². The molecule has 3 atom stereocenters. The Labute approximate surface area is 136 Å². The number of nitrogens with one attached hydrogen (secondary N) is 1. The van der Waals surface area contributed by atoms with Gasteiger partial charge in [0, 0.05) is 26.2 Å². The normalized spacial score (nSPS) is 27.0. The Balaban J connectivity index is 1.45. The van der Waals surface area contributed by atoms with Crippen LogP contribution in [-0.4, -0.2) is 76.7 Å². The van der Waals surface area contributed by atoms with Gasteiger partial charge in [0.1, 0.15) is 12.7 Å². The highest BCUT2D eigenvalue weighted by atomic mass is 16.5. The number of rotatable bonds is 6. The van der Waals surface area contributed by atoms with Gasteiger partial charge >= 0.3 is 0 Å². The van der Waals surface area contributed by atoms with E-state index in [1.54, 1.807) is 11.0 Å². The molecule has 8 nitrogen and oxygen atoms in total. The molecule has 2 fully saturated rings. The van der Waals surface area contributed by atoms with E-state index in [1.807, 2.05) is 6.92 Å². The maximum atomic E-state index is 12.3. The minimum atomic E-state index is -0.168. The van der Waals surface area contributed by atoms with Crippen LogP contribution in [0, 0.1) is 0 Å². The molecule has 1 N–H and O–H groups in total. The number of morpholine rings is 1. The molecule has 0 aliphatic carbocycles. The highest BCUT2D eigenvalue weighted by molar-refractivity contribution is 5.81. The first-order valence-electron chi connectivity index (χ1n) is 8.30. The fourth-order valence-corrected chi connectivity index (χ4v) is 3.07. The summed E-state index contributed by atoms with van der Waals surface area (Å²) in [5, 5.41) is 7.11. The van der Waals surface area contributed by atoms with Crippen molar-refractivity contribution < 1.29 is 14.3 Å². The molecule has 1 aromatic heterocycles. The van der Waals surface area contributed by atoms with Crippen LogP contribution < -0.4 is 5.32 Å². The highest BCUT2D eigenvalue weighted by Crippen LogP contribution is 2.12. The average molecular weight is 323 g/mol. The van der Waals surface area contributed by atoms with Crippen LogP contribution in [-0.2, 0) is 20.8 Å². The Kier molecular flexibility index (Phi) is 5.58. The molecular weight excluding hydrogens is 298 g/mol. The average Bonchev–Trinajstić information content (AvgIpc) is 3.25. The number of carbonyl (C=O) groups is 1. The summed E-state index contributed by atoms with van der Waals surface area (Å²) in [6.07, 6.45) is 5.52. The second-order valence-electron chi connectivity index (χ2n) is 6.16. The van der Waals surface area contributed by atoms with Crippen LogP contribution in [0.3, 0.4) is 0 Å². The number of ether oxygens (including phenoxy) is 2. The summed E-state index contributed by atoms with van der Waals surface area (Å²) in [7, 11) is 0. The molecule has 0 radical (unpaired) electrons. The molecule has 3 heterocycles. The van der Waals surface area contributed by atoms with Gasteiger partial charge in [0.25, 0.3) is 0 Å². The smallest absolute Gasteiger partial charge is 0.237 e. The van der Waals surface area contributed by atoms with E-state index in [-0.39, 0.29) is 24.2 Å². The van der Waals surface area contributed by atoms with Gasteiger partial charge in [-0.15, -0.1) is 0 Å². The summed E-state index contributed by atoms with van der Waals surface area (Å²) in [6.45, 7) is 6.13. The van der Waals surface area contributed by atoms with E-state index in [9.17, 15) is 4.79 Å². The Hall–Kier alpha value is -1.51. The van der Waals surface area contributed by atoms with Crippen molar-refractivity contribution in [2.45, 2.75) is 44.6 Å². The van der Waals surface area contributed by atoms with E-state index in [1.165, 1.54) is 6.33 Å². The van der Waals surface area contributed by atoms with E-state index in [2.05, 4.69) is 20.3 Å². The molecule has 0 saturated carbocycles. The van der Waals surface area contributed by atoms with Gasteiger partial charge in [-0.2, -0.15) is 5.10 Å². The zero-order valence-electron chi connectivity index (χ0n) is 13.6. The number of hydrogen-bond donors (Lipinski definition) is 1. The van der Waals surface area contributed by atoms with Crippen LogP contribution in [0.4, 0.5) is 0 Å². The molecule has 8 heteroatoms. The molecule has 1 aromatic rings. The van der Waals surface area contributed by atoms with Crippen molar-refractivity contribution >= 4 is 5.91 Å². The standard InChI is InChI=1S/C15H25N5O3/c1-12(15(21)17-7-13-3-2-5-22-13)19-4-6-23-14(8-19)9-20-11-16-10-18-20/h10-14H,2-9H2,1H3,(H,17,21)/t12-,13+,14+/m1/s1. The second-order valence-corrected chi connectivity index (χ2v) is 6.16.